The van der Waals surface area contributed by atoms with Crippen LogP contribution in [0.5, 0.6) is 5.75 Å². The van der Waals surface area contributed by atoms with E-state index in [1.165, 1.54) is 23.9 Å². The van der Waals surface area contributed by atoms with Crippen LogP contribution in [0.3, 0.4) is 0 Å². The van der Waals surface area contributed by atoms with E-state index in [9.17, 15) is 18.3 Å². The molecule has 6 nitrogen and oxygen atoms in total. The van der Waals surface area contributed by atoms with Crippen molar-refractivity contribution < 1.29 is 28.1 Å². The molecule has 0 aromatic heterocycles. The summed E-state index contributed by atoms with van der Waals surface area (Å²) in [5.74, 6) is -0.663. The maximum Gasteiger partial charge on any atom is 0.306 e. The lowest BCUT2D eigenvalue weighted by Crippen LogP contribution is -2.35. The van der Waals surface area contributed by atoms with Gasteiger partial charge in [0.2, 0.25) is 0 Å². The Morgan fingerprint density at radius 1 is 1.27 bits per heavy atom. The van der Waals surface area contributed by atoms with E-state index >= 15 is 0 Å². The average Bonchev–Trinajstić information content (AvgIpc) is 2.84. The lowest BCUT2D eigenvalue weighted by Gasteiger charge is -2.39. The fourth-order valence-electron chi connectivity index (χ4n) is 4.21. The molecule has 33 heavy (non-hydrogen) atoms. The molecule has 0 aliphatic carbocycles. The number of anilines is 2. The highest BCUT2D eigenvalue weighted by atomic mass is 32.3. The Morgan fingerprint density at radius 2 is 1.97 bits per heavy atom. The Morgan fingerprint density at radius 3 is 2.58 bits per heavy atom. The van der Waals surface area contributed by atoms with Crippen LogP contribution in [0.1, 0.15) is 39.5 Å². The van der Waals surface area contributed by atoms with Crippen LogP contribution in [-0.4, -0.2) is 45.3 Å². The number of carboxylic acid groups (broad SMARTS) is 1. The van der Waals surface area contributed by atoms with Gasteiger partial charge in [0.15, 0.2) is 0 Å². The number of nitrogens with zero attached hydrogens (tertiary/aromatic N) is 1. The molecule has 0 saturated carbocycles. The number of halogens is 1. The van der Waals surface area contributed by atoms with Crippen molar-refractivity contribution in [3.8, 4) is 5.75 Å². The molecule has 9 heteroatoms. The monoisotopic (exact) mass is 497 g/mol. The van der Waals surface area contributed by atoms with E-state index in [4.69, 9.17) is 9.84 Å². The number of carbonyl (C=O) groups is 1. The van der Waals surface area contributed by atoms with Crippen molar-refractivity contribution in [2.24, 2.45) is 5.41 Å². The molecule has 0 fully saturated rings. The fraction of sp³-hybridized carbons (Fsp3) is 0.458. The number of fused-ring (bicyclic) bond motifs is 1. The second-order valence-electron chi connectivity index (χ2n) is 8.75. The molecule has 1 aliphatic rings. The fourth-order valence-corrected chi connectivity index (χ4v) is 6.92. The van der Waals surface area contributed by atoms with Gasteiger partial charge < -0.3 is 14.7 Å². The van der Waals surface area contributed by atoms with Crippen LogP contribution in [0.4, 0.5) is 15.8 Å². The van der Waals surface area contributed by atoms with Gasteiger partial charge in [-0.05, 0) is 43.0 Å². The molecule has 0 bridgehead atoms. The molecule has 2 aromatic rings. The molecule has 2 aromatic carbocycles. The van der Waals surface area contributed by atoms with Crippen molar-refractivity contribution in [2.45, 2.75) is 49.3 Å². The third-order valence-electron chi connectivity index (χ3n) is 5.82. The summed E-state index contributed by atoms with van der Waals surface area (Å²) in [5.41, 5.74) is 1.03. The van der Waals surface area contributed by atoms with Crippen molar-refractivity contribution in [3.05, 3.63) is 42.2 Å². The Hall–Kier alpha value is -1.94. The van der Waals surface area contributed by atoms with E-state index in [1.807, 2.05) is 17.2 Å². The third-order valence-corrected chi connectivity index (χ3v) is 8.71. The van der Waals surface area contributed by atoms with Crippen molar-refractivity contribution in [1.29, 1.82) is 0 Å². The smallest absolute Gasteiger partial charge is 0.306 e. The number of benzene rings is 2. The topological polar surface area (TPSA) is 90.2 Å². The summed E-state index contributed by atoms with van der Waals surface area (Å²) in [6.07, 6.45) is 4.50. The SMILES string of the molecule is CCCCC1(C)CN(c2ccc(F)cc2)c2cc(SC)c(OCCC(=O)O)cc2S(O)(O)C1. The first kappa shape index (κ1) is 25.7. The van der Waals surface area contributed by atoms with Gasteiger partial charge in [0, 0.05) is 29.5 Å². The van der Waals surface area contributed by atoms with Crippen LogP contribution < -0.4 is 9.64 Å². The lowest BCUT2D eigenvalue weighted by atomic mass is 9.86. The van der Waals surface area contributed by atoms with Crippen molar-refractivity contribution in [1.82, 2.24) is 0 Å². The largest absolute Gasteiger partial charge is 0.492 e. The second kappa shape index (κ2) is 10.5. The predicted octanol–water partition coefficient (Wildman–Crippen LogP) is 6.86. The van der Waals surface area contributed by atoms with Gasteiger partial charge in [-0.3, -0.25) is 13.9 Å². The van der Waals surface area contributed by atoms with E-state index < -0.39 is 16.6 Å². The molecule has 0 spiro atoms. The van der Waals surface area contributed by atoms with Crippen molar-refractivity contribution in [3.63, 3.8) is 0 Å². The number of aliphatic carboxylic acids is 1. The number of carboxylic acids is 1. The molecule has 0 saturated heterocycles. The lowest BCUT2D eigenvalue weighted by molar-refractivity contribution is -0.137. The first-order chi connectivity index (χ1) is 15.6. The molecular formula is C24H32FNO5S2. The summed E-state index contributed by atoms with van der Waals surface area (Å²) in [4.78, 5) is 14.1. The van der Waals surface area contributed by atoms with E-state index in [2.05, 4.69) is 13.8 Å². The highest BCUT2D eigenvalue weighted by molar-refractivity contribution is 8.24. The summed E-state index contributed by atoms with van der Waals surface area (Å²) in [5, 5.41) is 8.94. The molecule has 1 heterocycles. The minimum Gasteiger partial charge on any atom is -0.492 e. The summed E-state index contributed by atoms with van der Waals surface area (Å²) >= 11 is 1.43. The van der Waals surface area contributed by atoms with Gasteiger partial charge in [-0.1, -0.05) is 26.7 Å². The molecule has 1 atom stereocenters. The predicted molar refractivity (Wildman–Crippen MR) is 133 cm³/mol. The molecule has 182 valence electrons. The van der Waals surface area contributed by atoms with Crippen LogP contribution in [0.15, 0.2) is 46.2 Å². The zero-order valence-electron chi connectivity index (χ0n) is 19.2. The summed E-state index contributed by atoms with van der Waals surface area (Å²) in [7, 11) is -3.18. The van der Waals surface area contributed by atoms with Gasteiger partial charge in [-0.2, -0.15) is 10.6 Å². The van der Waals surface area contributed by atoms with Gasteiger partial charge in [0.05, 0.1) is 28.5 Å². The molecule has 3 N–H and O–H groups in total. The highest BCUT2D eigenvalue weighted by Gasteiger charge is 2.40. The van der Waals surface area contributed by atoms with Crippen LogP contribution in [0, 0.1) is 11.2 Å². The van der Waals surface area contributed by atoms with Gasteiger partial charge in [-0.15, -0.1) is 11.8 Å². The number of ether oxygens (including phenoxy) is 1. The Kier molecular flexibility index (Phi) is 8.21. The third kappa shape index (κ3) is 6.15. The minimum absolute atomic E-state index is 0.0171. The zero-order chi connectivity index (χ0) is 24.2. The standard InChI is InChI=1S/C24H32FNO5S2/c1-4-5-11-24(2)15-26(18-8-6-17(25)7-9-18)19-13-21(32-3)20(31-12-10-23(27)28)14-22(19)33(29,30)16-24/h6-9,13-14,29-30H,4-5,10-12,15-16H2,1-3H3,(H,27,28). The average molecular weight is 498 g/mol. The normalized spacial score (nSPS) is 20.6. The highest BCUT2D eigenvalue weighted by Crippen LogP contribution is 2.61. The number of unbranched alkanes of at least 4 members (excludes halogenated alkanes) is 1. The summed E-state index contributed by atoms with van der Waals surface area (Å²) in [6.45, 7) is 4.71. The second-order valence-corrected chi connectivity index (χ2v) is 11.7. The van der Waals surface area contributed by atoms with E-state index in [1.54, 1.807) is 18.2 Å². The van der Waals surface area contributed by atoms with Crippen LogP contribution in [0.2, 0.25) is 0 Å². The quantitative estimate of drug-likeness (QED) is 0.326. The van der Waals surface area contributed by atoms with Gasteiger partial charge in [0.1, 0.15) is 11.6 Å². The maximum atomic E-state index is 13.7. The van der Waals surface area contributed by atoms with E-state index in [0.29, 0.717) is 22.9 Å². The van der Waals surface area contributed by atoms with Crippen LogP contribution >= 0.6 is 22.4 Å². The first-order valence-corrected chi connectivity index (χ1v) is 13.9. The number of hydrogen-bond donors (Lipinski definition) is 3. The van der Waals surface area contributed by atoms with Gasteiger partial charge >= 0.3 is 5.97 Å². The first-order valence-electron chi connectivity index (χ1n) is 10.9. The van der Waals surface area contributed by atoms with Crippen molar-refractivity contribution >= 4 is 39.7 Å². The molecular weight excluding hydrogens is 465 g/mol. The Balaban J connectivity index is 2.14. The molecule has 3 rings (SSSR count). The maximum absolute atomic E-state index is 13.7. The van der Waals surface area contributed by atoms with Gasteiger partial charge in [-0.25, -0.2) is 4.39 Å². The minimum atomic E-state index is -3.18. The van der Waals surface area contributed by atoms with Crippen LogP contribution in [-0.2, 0) is 4.79 Å². The van der Waals surface area contributed by atoms with E-state index in [-0.39, 0.29) is 30.0 Å². The summed E-state index contributed by atoms with van der Waals surface area (Å²) < 4.78 is 42.1. The molecule has 0 amide bonds. The number of rotatable bonds is 9. The molecule has 1 unspecified atom stereocenters. The van der Waals surface area contributed by atoms with E-state index in [0.717, 1.165) is 29.8 Å². The Bertz CT molecular complexity index is 986. The zero-order valence-corrected chi connectivity index (χ0v) is 20.8. The Labute approximate surface area is 200 Å². The van der Waals surface area contributed by atoms with Crippen LogP contribution in [0.25, 0.3) is 0 Å². The van der Waals surface area contributed by atoms with Crippen molar-refractivity contribution in [2.75, 3.05) is 30.1 Å². The summed E-state index contributed by atoms with van der Waals surface area (Å²) in [6, 6.07) is 9.71. The molecule has 1 aliphatic heterocycles. The molecule has 0 radical (unpaired) electrons. The van der Waals surface area contributed by atoms with Gasteiger partial charge in [0.25, 0.3) is 0 Å². The number of thioether (sulfide) groups is 1. The number of hydrogen-bond acceptors (Lipinski definition) is 6.